The van der Waals surface area contributed by atoms with Gasteiger partial charge in [0, 0.05) is 9.75 Å². The molecule has 0 N–H and O–H groups in total. The van der Waals surface area contributed by atoms with Crippen molar-refractivity contribution >= 4 is 41.1 Å². The number of hydrogen-bond acceptors (Lipinski definition) is 4. The zero-order valence-electron chi connectivity index (χ0n) is 12.8. The van der Waals surface area contributed by atoms with Crippen LogP contribution in [0.2, 0.25) is 13.1 Å². The topological polar surface area (TPSA) is 26.3 Å². The minimum Gasteiger partial charge on any atom is -0.464 e. The van der Waals surface area contributed by atoms with Gasteiger partial charge in [-0.1, -0.05) is 13.1 Å². The molecule has 0 spiro atoms. The van der Waals surface area contributed by atoms with Crippen molar-refractivity contribution in [3.63, 3.8) is 0 Å². The number of hydrogen-bond donors (Lipinski definition) is 0. The van der Waals surface area contributed by atoms with E-state index in [0.29, 0.717) is 0 Å². The van der Waals surface area contributed by atoms with Crippen molar-refractivity contribution in [2.45, 2.75) is 13.1 Å². The fourth-order valence-electron chi connectivity index (χ4n) is 3.27. The van der Waals surface area contributed by atoms with Crippen LogP contribution in [0, 0.1) is 0 Å². The van der Waals surface area contributed by atoms with Gasteiger partial charge in [0.25, 0.3) is 0 Å². The van der Waals surface area contributed by atoms with Crippen LogP contribution in [0.1, 0.15) is 0 Å². The van der Waals surface area contributed by atoms with Crippen molar-refractivity contribution < 1.29 is 8.83 Å². The maximum Gasteiger partial charge on any atom is 0.143 e. The maximum atomic E-state index is 5.59. The molecule has 5 heteroatoms. The fraction of sp³-hybridized carbons (Fsp3) is 0.111. The van der Waals surface area contributed by atoms with E-state index in [1.807, 2.05) is 46.9 Å². The van der Waals surface area contributed by atoms with Gasteiger partial charge in [-0.15, -0.1) is 22.7 Å². The first-order valence-electron chi connectivity index (χ1n) is 7.51. The molecule has 5 heterocycles. The molecule has 5 rings (SSSR count). The molecule has 0 aliphatic carbocycles. The first kappa shape index (κ1) is 13.6. The molecule has 0 fully saturated rings. The quantitative estimate of drug-likeness (QED) is 0.466. The van der Waals surface area contributed by atoms with Crippen LogP contribution < -0.4 is 10.4 Å². The summed E-state index contributed by atoms with van der Waals surface area (Å²) in [6.45, 7) is 4.88. The Kier molecular flexibility index (Phi) is 2.72. The van der Waals surface area contributed by atoms with Crippen LogP contribution in [0.3, 0.4) is 0 Å². The van der Waals surface area contributed by atoms with E-state index >= 15 is 0 Å². The molecule has 114 valence electrons. The van der Waals surface area contributed by atoms with Crippen molar-refractivity contribution in [1.82, 2.24) is 0 Å². The monoisotopic (exact) mass is 354 g/mol. The highest BCUT2D eigenvalue weighted by atomic mass is 32.1. The van der Waals surface area contributed by atoms with E-state index in [4.69, 9.17) is 8.83 Å². The lowest BCUT2D eigenvalue weighted by Gasteiger charge is -2.15. The third kappa shape index (κ3) is 1.84. The molecule has 0 radical (unpaired) electrons. The predicted octanol–water partition coefficient (Wildman–Crippen LogP) is 5.13. The first-order valence-corrected chi connectivity index (χ1v) is 12.1. The third-order valence-electron chi connectivity index (χ3n) is 4.55. The van der Waals surface area contributed by atoms with E-state index in [0.717, 1.165) is 11.5 Å². The number of furan rings is 2. The average Bonchev–Trinajstić information content (AvgIpc) is 3.32. The Morgan fingerprint density at radius 1 is 0.783 bits per heavy atom. The summed E-state index contributed by atoms with van der Waals surface area (Å²) in [7, 11) is -1.63. The summed E-state index contributed by atoms with van der Waals surface area (Å²) in [6.07, 6.45) is 3.49. The molecule has 0 amide bonds. The molecule has 1 aliphatic rings. The Bertz CT molecular complexity index is 908. The molecule has 23 heavy (non-hydrogen) atoms. The van der Waals surface area contributed by atoms with Crippen LogP contribution in [0.4, 0.5) is 0 Å². The summed E-state index contributed by atoms with van der Waals surface area (Å²) >= 11 is 3.71. The minimum absolute atomic E-state index is 0.971. The largest absolute Gasteiger partial charge is 0.464 e. The van der Waals surface area contributed by atoms with Crippen LogP contribution in [0.25, 0.3) is 31.0 Å². The van der Waals surface area contributed by atoms with Crippen LogP contribution in [0.5, 0.6) is 0 Å². The van der Waals surface area contributed by atoms with Crippen LogP contribution in [-0.2, 0) is 0 Å². The van der Waals surface area contributed by atoms with Crippen molar-refractivity contribution in [3.8, 4) is 31.0 Å². The molecule has 0 atom stereocenters. The van der Waals surface area contributed by atoms with Gasteiger partial charge in [-0.2, -0.15) is 0 Å². The highest BCUT2D eigenvalue weighted by Crippen LogP contribution is 2.44. The van der Waals surface area contributed by atoms with E-state index < -0.39 is 8.07 Å². The predicted molar refractivity (Wildman–Crippen MR) is 99.8 cm³/mol. The highest BCUT2D eigenvalue weighted by molar-refractivity contribution is 7.31. The third-order valence-corrected chi connectivity index (χ3v) is 10.9. The van der Waals surface area contributed by atoms with Crippen LogP contribution in [0.15, 0.2) is 57.8 Å². The van der Waals surface area contributed by atoms with E-state index in [1.165, 1.54) is 19.5 Å². The molecule has 0 unspecified atom stereocenters. The summed E-state index contributed by atoms with van der Waals surface area (Å²) in [5.74, 6) is 1.94. The van der Waals surface area contributed by atoms with E-state index in [9.17, 15) is 0 Å². The Balaban J connectivity index is 1.70. The van der Waals surface area contributed by atoms with Crippen molar-refractivity contribution in [3.05, 3.63) is 48.9 Å². The van der Waals surface area contributed by atoms with Gasteiger partial charge >= 0.3 is 0 Å². The van der Waals surface area contributed by atoms with Crippen molar-refractivity contribution in [1.29, 1.82) is 0 Å². The first-order chi connectivity index (χ1) is 11.1. The Morgan fingerprint density at radius 2 is 1.26 bits per heavy atom. The maximum absolute atomic E-state index is 5.59. The molecule has 2 nitrogen and oxygen atoms in total. The molecule has 0 saturated heterocycles. The highest BCUT2D eigenvalue weighted by Gasteiger charge is 2.41. The van der Waals surface area contributed by atoms with E-state index in [1.54, 1.807) is 22.9 Å². The number of rotatable bonds is 2. The van der Waals surface area contributed by atoms with Crippen molar-refractivity contribution in [2.75, 3.05) is 0 Å². The number of fused-ring (bicyclic) bond motifs is 3. The van der Waals surface area contributed by atoms with Gasteiger partial charge in [0.1, 0.15) is 19.6 Å². The molecule has 0 saturated carbocycles. The SMILES string of the molecule is C[Si]1(C)c2cc(-c3ccco3)sc2-c2sc(-c3ccco3)cc21. The lowest BCUT2D eigenvalue weighted by molar-refractivity contribution is 0.583. The molecule has 1 aliphatic heterocycles. The lowest BCUT2D eigenvalue weighted by atomic mass is 10.3. The van der Waals surface area contributed by atoms with Gasteiger partial charge < -0.3 is 8.83 Å². The van der Waals surface area contributed by atoms with Gasteiger partial charge in [-0.3, -0.25) is 0 Å². The van der Waals surface area contributed by atoms with E-state index in [-0.39, 0.29) is 0 Å². The minimum atomic E-state index is -1.63. The van der Waals surface area contributed by atoms with Crippen LogP contribution in [-0.4, -0.2) is 8.07 Å². The van der Waals surface area contributed by atoms with Gasteiger partial charge in [0.05, 0.1) is 22.3 Å². The molecule has 4 aromatic rings. The zero-order chi connectivity index (χ0) is 15.6. The number of thiophene rings is 2. The zero-order valence-corrected chi connectivity index (χ0v) is 15.4. The Morgan fingerprint density at radius 3 is 1.65 bits per heavy atom. The van der Waals surface area contributed by atoms with Gasteiger partial charge in [-0.25, -0.2) is 0 Å². The van der Waals surface area contributed by atoms with Crippen molar-refractivity contribution in [2.24, 2.45) is 0 Å². The smallest absolute Gasteiger partial charge is 0.143 e. The van der Waals surface area contributed by atoms with Crippen LogP contribution >= 0.6 is 22.7 Å². The Labute approximate surface area is 143 Å². The molecular formula is C18H14O2S2Si. The lowest BCUT2D eigenvalue weighted by Crippen LogP contribution is -2.48. The van der Waals surface area contributed by atoms with Gasteiger partial charge in [0.2, 0.25) is 0 Å². The Hall–Kier alpha value is -1.82. The second kappa shape index (κ2) is 4.60. The molecule has 4 aromatic heterocycles. The molecule has 0 aromatic carbocycles. The normalized spacial score (nSPS) is 14.9. The van der Waals surface area contributed by atoms with E-state index in [2.05, 4.69) is 25.2 Å². The van der Waals surface area contributed by atoms with Gasteiger partial charge in [0.15, 0.2) is 0 Å². The fourth-order valence-corrected chi connectivity index (χ4v) is 10.4. The average molecular weight is 355 g/mol. The molecular weight excluding hydrogens is 340 g/mol. The summed E-state index contributed by atoms with van der Waals surface area (Å²) < 4.78 is 11.2. The summed E-state index contributed by atoms with van der Waals surface area (Å²) in [4.78, 5) is 5.34. The standard InChI is InChI=1S/C18H14O2S2Si/c1-23(2)15-9-13(11-5-3-7-19-11)21-17(15)18-16(23)10-14(22-18)12-6-4-8-20-12/h3-10H,1-2H3. The second-order valence-corrected chi connectivity index (χ2v) is 12.7. The summed E-state index contributed by atoms with van der Waals surface area (Å²) in [5, 5.41) is 3.09. The van der Waals surface area contributed by atoms with Gasteiger partial charge in [-0.05, 0) is 46.8 Å². The summed E-state index contributed by atoms with van der Waals surface area (Å²) in [5.41, 5.74) is 0. The summed E-state index contributed by atoms with van der Waals surface area (Å²) in [6, 6.07) is 12.7. The molecule has 0 bridgehead atoms. The second-order valence-electron chi connectivity index (χ2n) is 6.29.